The number of nitriles is 1. The van der Waals surface area contributed by atoms with Gasteiger partial charge in [-0.1, -0.05) is 58.0 Å². The first-order chi connectivity index (χ1) is 10.8. The lowest BCUT2D eigenvalue weighted by molar-refractivity contribution is 0.902. The molecule has 0 aliphatic heterocycles. The number of rotatable bonds is 4. The molecule has 3 nitrogen and oxygen atoms in total. The average molecular weight is 370 g/mol. The van der Waals surface area contributed by atoms with Gasteiger partial charge < -0.3 is 0 Å². The van der Waals surface area contributed by atoms with Gasteiger partial charge in [-0.25, -0.2) is 4.98 Å². The maximum absolute atomic E-state index is 8.83. The van der Waals surface area contributed by atoms with Gasteiger partial charge in [-0.05, 0) is 24.3 Å². The van der Waals surface area contributed by atoms with Gasteiger partial charge in [-0.15, -0.1) is 0 Å². The van der Waals surface area contributed by atoms with Crippen molar-refractivity contribution in [2.75, 3.05) is 5.75 Å². The Balaban J connectivity index is 2.12. The predicted octanol–water partition coefficient (Wildman–Crippen LogP) is 4.92. The van der Waals surface area contributed by atoms with Crippen molar-refractivity contribution in [3.05, 3.63) is 65.3 Å². The highest BCUT2D eigenvalue weighted by molar-refractivity contribution is 9.10. The highest BCUT2D eigenvalue weighted by Crippen LogP contribution is 2.30. The largest absolute Gasteiger partial charge is 0.287 e. The van der Waals surface area contributed by atoms with E-state index in [4.69, 9.17) is 5.26 Å². The van der Waals surface area contributed by atoms with Crippen LogP contribution in [0, 0.1) is 11.3 Å². The summed E-state index contributed by atoms with van der Waals surface area (Å²) in [5.74, 6) is 0.379. The van der Waals surface area contributed by atoms with Crippen molar-refractivity contribution >= 4 is 27.7 Å². The van der Waals surface area contributed by atoms with Crippen LogP contribution in [-0.4, -0.2) is 15.3 Å². The van der Waals surface area contributed by atoms with Crippen LogP contribution in [0.4, 0.5) is 0 Å². The Morgan fingerprint density at radius 1 is 1.09 bits per heavy atom. The van der Waals surface area contributed by atoms with Crippen molar-refractivity contribution in [2.45, 2.75) is 5.16 Å². The van der Waals surface area contributed by atoms with Gasteiger partial charge >= 0.3 is 0 Å². The van der Waals surface area contributed by atoms with Crippen molar-refractivity contribution in [2.24, 2.45) is 0 Å². The van der Waals surface area contributed by atoms with Crippen LogP contribution in [0.25, 0.3) is 16.9 Å². The first-order valence-corrected chi connectivity index (χ1v) is 8.46. The highest BCUT2D eigenvalue weighted by Gasteiger charge is 2.13. The van der Waals surface area contributed by atoms with Crippen LogP contribution in [0.15, 0.2) is 70.4 Å². The summed E-state index contributed by atoms with van der Waals surface area (Å²) in [7, 11) is 0. The van der Waals surface area contributed by atoms with Crippen LogP contribution < -0.4 is 0 Å². The maximum atomic E-state index is 8.83. The van der Waals surface area contributed by atoms with E-state index in [2.05, 4.69) is 43.7 Å². The maximum Gasteiger partial charge on any atom is 0.174 e. The van der Waals surface area contributed by atoms with Gasteiger partial charge in [0.25, 0.3) is 0 Å². The summed E-state index contributed by atoms with van der Waals surface area (Å²) in [5, 5.41) is 9.66. The molecule has 5 heteroatoms. The van der Waals surface area contributed by atoms with Crippen LogP contribution in [-0.2, 0) is 0 Å². The third-order valence-corrected chi connectivity index (χ3v) is 4.50. The molecule has 0 fully saturated rings. The summed E-state index contributed by atoms with van der Waals surface area (Å²) in [4.78, 5) is 4.49. The molecule has 0 saturated heterocycles. The molecule has 0 aliphatic rings. The molecular weight excluding hydrogens is 358 g/mol. The number of hydrogen-bond acceptors (Lipinski definition) is 3. The summed E-state index contributed by atoms with van der Waals surface area (Å²) in [6.45, 7) is 0. The molecule has 0 bridgehead atoms. The zero-order valence-corrected chi connectivity index (χ0v) is 14.0. The molecule has 22 heavy (non-hydrogen) atoms. The third kappa shape index (κ3) is 3.08. The second kappa shape index (κ2) is 6.82. The van der Waals surface area contributed by atoms with Crippen LogP contribution >= 0.6 is 27.7 Å². The minimum Gasteiger partial charge on any atom is -0.287 e. The number of benzene rings is 2. The molecule has 0 atom stereocenters. The second-order valence-corrected chi connectivity index (χ2v) is 6.41. The quantitative estimate of drug-likeness (QED) is 0.613. The minimum atomic E-state index is 0.379. The fourth-order valence-corrected chi connectivity index (χ4v) is 3.10. The van der Waals surface area contributed by atoms with Crippen LogP contribution in [0.5, 0.6) is 0 Å². The van der Waals surface area contributed by atoms with Crippen molar-refractivity contribution < 1.29 is 0 Å². The molecule has 0 unspecified atom stereocenters. The first kappa shape index (κ1) is 14.9. The Morgan fingerprint density at radius 3 is 2.50 bits per heavy atom. The molecule has 2 aromatic carbocycles. The lowest BCUT2D eigenvalue weighted by atomic mass is 10.1. The molecule has 1 heterocycles. The van der Waals surface area contributed by atoms with Crippen LogP contribution in [0.3, 0.4) is 0 Å². The van der Waals surface area contributed by atoms with Gasteiger partial charge in [-0.3, -0.25) is 4.57 Å². The molecule has 0 saturated carbocycles. The van der Waals surface area contributed by atoms with Gasteiger partial charge in [0.05, 0.1) is 23.7 Å². The smallest absolute Gasteiger partial charge is 0.174 e. The molecule has 3 aromatic rings. The van der Waals surface area contributed by atoms with Crippen molar-refractivity contribution in [3.8, 4) is 23.0 Å². The van der Waals surface area contributed by atoms with E-state index in [1.807, 2.05) is 48.7 Å². The van der Waals surface area contributed by atoms with E-state index >= 15 is 0 Å². The second-order valence-electron chi connectivity index (χ2n) is 4.55. The lowest BCUT2D eigenvalue weighted by Crippen LogP contribution is -1.99. The molecule has 0 N–H and O–H groups in total. The van der Waals surface area contributed by atoms with Crippen molar-refractivity contribution in [1.29, 1.82) is 5.26 Å². The zero-order valence-electron chi connectivity index (χ0n) is 11.6. The Labute approximate surface area is 141 Å². The number of halogens is 1. The SMILES string of the molecule is N#CCSc1ncc(-c2ccc(Br)cc2)n1-c1ccccc1. The number of imidazole rings is 1. The number of thioether (sulfide) groups is 1. The Hall–Kier alpha value is -2.03. The first-order valence-electron chi connectivity index (χ1n) is 6.68. The molecule has 0 radical (unpaired) electrons. The highest BCUT2D eigenvalue weighted by atomic mass is 79.9. The van der Waals surface area contributed by atoms with Crippen LogP contribution in [0.1, 0.15) is 0 Å². The van der Waals surface area contributed by atoms with E-state index in [9.17, 15) is 0 Å². The van der Waals surface area contributed by atoms with E-state index in [0.29, 0.717) is 5.75 Å². The van der Waals surface area contributed by atoms with Crippen LogP contribution in [0.2, 0.25) is 0 Å². The molecular formula is C17H12BrN3S. The van der Waals surface area contributed by atoms with Crippen molar-refractivity contribution in [3.63, 3.8) is 0 Å². The monoisotopic (exact) mass is 369 g/mol. The van der Waals surface area contributed by atoms with Gasteiger partial charge in [0.15, 0.2) is 5.16 Å². The van der Waals surface area contributed by atoms with E-state index in [-0.39, 0.29) is 0 Å². The molecule has 0 spiro atoms. The average Bonchev–Trinajstić information content (AvgIpc) is 2.98. The van der Waals surface area contributed by atoms with E-state index < -0.39 is 0 Å². The topological polar surface area (TPSA) is 41.6 Å². The number of para-hydroxylation sites is 1. The summed E-state index contributed by atoms with van der Waals surface area (Å²) in [6.07, 6.45) is 1.86. The Bertz CT molecular complexity index is 804. The number of nitrogens with zero attached hydrogens (tertiary/aromatic N) is 3. The standard InChI is InChI=1S/C17H12BrN3S/c18-14-8-6-13(7-9-14)16-12-20-17(22-11-10-19)21(16)15-4-2-1-3-5-15/h1-9,12H,11H2. The summed E-state index contributed by atoms with van der Waals surface area (Å²) in [5.41, 5.74) is 3.14. The van der Waals surface area contributed by atoms with E-state index in [0.717, 1.165) is 26.6 Å². The number of aromatic nitrogens is 2. The Morgan fingerprint density at radius 2 is 1.82 bits per heavy atom. The van der Waals surface area contributed by atoms with E-state index in [1.54, 1.807) is 0 Å². The summed E-state index contributed by atoms with van der Waals surface area (Å²) in [6, 6.07) is 20.4. The van der Waals surface area contributed by atoms with Gasteiger partial charge in [-0.2, -0.15) is 5.26 Å². The van der Waals surface area contributed by atoms with Gasteiger partial charge in [0.1, 0.15) is 0 Å². The minimum absolute atomic E-state index is 0.379. The molecule has 3 rings (SSSR count). The molecule has 0 aliphatic carbocycles. The van der Waals surface area contributed by atoms with Crippen molar-refractivity contribution in [1.82, 2.24) is 9.55 Å². The predicted molar refractivity (Wildman–Crippen MR) is 93.0 cm³/mol. The summed E-state index contributed by atoms with van der Waals surface area (Å²) >= 11 is 4.90. The lowest BCUT2D eigenvalue weighted by Gasteiger charge is -2.11. The molecule has 108 valence electrons. The molecule has 1 aromatic heterocycles. The zero-order chi connectivity index (χ0) is 15.4. The molecule has 0 amide bonds. The van der Waals surface area contributed by atoms with E-state index in [1.165, 1.54) is 11.8 Å². The van der Waals surface area contributed by atoms with Gasteiger partial charge in [0, 0.05) is 15.7 Å². The normalized spacial score (nSPS) is 10.4. The fraction of sp³-hybridized carbons (Fsp3) is 0.0588. The third-order valence-electron chi connectivity index (χ3n) is 3.15. The Kier molecular flexibility index (Phi) is 4.62. The van der Waals surface area contributed by atoms with Gasteiger partial charge in [0.2, 0.25) is 0 Å². The number of hydrogen-bond donors (Lipinski definition) is 0. The summed E-state index contributed by atoms with van der Waals surface area (Å²) < 4.78 is 3.13. The fourth-order valence-electron chi connectivity index (χ4n) is 2.18.